The molecule has 0 aromatic carbocycles. The molecule has 2 aromatic heterocycles. The van der Waals surface area contributed by atoms with E-state index in [1.54, 1.807) is 11.4 Å². The first-order valence-electron chi connectivity index (χ1n) is 6.60. The summed E-state index contributed by atoms with van der Waals surface area (Å²) < 4.78 is 37.4. The minimum atomic E-state index is -3.45. The van der Waals surface area contributed by atoms with E-state index in [-0.39, 0.29) is 0 Å². The van der Waals surface area contributed by atoms with Gasteiger partial charge >= 0.3 is 0 Å². The van der Waals surface area contributed by atoms with Crippen molar-refractivity contribution in [3.05, 3.63) is 22.7 Å². The number of nitrogens with zero attached hydrogens (tertiary/aromatic N) is 2. The maximum Gasteiger partial charge on any atom is 0.252 e. The molecule has 0 N–H and O–H groups in total. The number of hydrogen-bond acceptors (Lipinski definition) is 6. The fourth-order valence-corrected chi connectivity index (χ4v) is 4.89. The van der Waals surface area contributed by atoms with E-state index >= 15 is 0 Å². The maximum atomic E-state index is 12.6. The summed E-state index contributed by atoms with van der Waals surface area (Å²) in [6.45, 7) is 5.46. The first kappa shape index (κ1) is 14.7. The summed E-state index contributed by atoms with van der Waals surface area (Å²) >= 11 is 1.20. The Kier molecular flexibility index (Phi) is 3.87. The third-order valence-electron chi connectivity index (χ3n) is 3.56. The summed E-state index contributed by atoms with van der Waals surface area (Å²) in [6.07, 6.45) is 0. The maximum absolute atomic E-state index is 12.6. The first-order chi connectivity index (χ1) is 10.00. The molecule has 1 aliphatic heterocycles. The highest BCUT2D eigenvalue weighted by Gasteiger charge is 2.28. The average molecular weight is 328 g/mol. The van der Waals surface area contributed by atoms with Crippen LogP contribution in [0.15, 0.2) is 20.2 Å². The van der Waals surface area contributed by atoms with E-state index in [0.717, 1.165) is 16.8 Å². The van der Waals surface area contributed by atoms with Crippen LogP contribution >= 0.6 is 11.3 Å². The number of sulfonamides is 1. The lowest BCUT2D eigenvalue weighted by Gasteiger charge is -2.25. The van der Waals surface area contributed by atoms with Gasteiger partial charge in [0.2, 0.25) is 0 Å². The molecule has 0 bridgehead atoms. The van der Waals surface area contributed by atoms with Crippen molar-refractivity contribution in [1.29, 1.82) is 0 Å². The van der Waals surface area contributed by atoms with Crippen molar-refractivity contribution in [2.75, 3.05) is 26.3 Å². The number of ether oxygens (including phenoxy) is 1. The van der Waals surface area contributed by atoms with Crippen molar-refractivity contribution >= 4 is 21.4 Å². The van der Waals surface area contributed by atoms with Gasteiger partial charge in [-0.3, -0.25) is 0 Å². The Balaban J connectivity index is 1.92. The molecule has 21 heavy (non-hydrogen) atoms. The van der Waals surface area contributed by atoms with Crippen LogP contribution in [0.4, 0.5) is 0 Å². The smallest absolute Gasteiger partial charge is 0.252 e. The molecule has 1 saturated heterocycles. The van der Waals surface area contributed by atoms with Gasteiger partial charge in [-0.25, -0.2) is 8.42 Å². The quantitative estimate of drug-likeness (QED) is 0.862. The van der Waals surface area contributed by atoms with Crippen LogP contribution in [0, 0.1) is 13.8 Å². The predicted molar refractivity (Wildman–Crippen MR) is 78.9 cm³/mol. The highest BCUT2D eigenvalue weighted by molar-refractivity contribution is 7.91. The molecule has 0 spiro atoms. The SMILES string of the molecule is Cc1noc(-c2csc(S(=O)(=O)N3CCOCC3)c2)c1C. The highest BCUT2D eigenvalue weighted by atomic mass is 32.2. The van der Waals surface area contributed by atoms with E-state index in [4.69, 9.17) is 9.26 Å². The molecule has 114 valence electrons. The molecule has 3 rings (SSSR count). The topological polar surface area (TPSA) is 72.6 Å². The number of aromatic nitrogens is 1. The van der Waals surface area contributed by atoms with Gasteiger partial charge in [-0.15, -0.1) is 11.3 Å². The van der Waals surface area contributed by atoms with Crippen molar-refractivity contribution in [1.82, 2.24) is 9.46 Å². The van der Waals surface area contributed by atoms with Crippen LogP contribution in [-0.2, 0) is 14.8 Å². The monoisotopic (exact) mass is 328 g/mol. The normalized spacial score (nSPS) is 17.2. The number of thiophene rings is 1. The van der Waals surface area contributed by atoms with Gasteiger partial charge in [-0.2, -0.15) is 4.31 Å². The summed E-state index contributed by atoms with van der Waals surface area (Å²) in [5.41, 5.74) is 2.50. The van der Waals surface area contributed by atoms with E-state index in [0.29, 0.717) is 36.3 Å². The van der Waals surface area contributed by atoms with Gasteiger partial charge in [-0.05, 0) is 19.9 Å². The minimum absolute atomic E-state index is 0.327. The van der Waals surface area contributed by atoms with Crippen LogP contribution in [0.2, 0.25) is 0 Å². The molecule has 1 fully saturated rings. The molecule has 0 radical (unpaired) electrons. The molecule has 0 atom stereocenters. The van der Waals surface area contributed by atoms with E-state index in [2.05, 4.69) is 5.16 Å². The summed E-state index contributed by atoms with van der Waals surface area (Å²) in [6, 6.07) is 1.66. The third-order valence-corrected chi connectivity index (χ3v) is 6.87. The Bertz CT molecular complexity index is 742. The largest absolute Gasteiger partial charge is 0.379 e. The Morgan fingerprint density at radius 2 is 2.00 bits per heavy atom. The van der Waals surface area contributed by atoms with Crippen molar-refractivity contribution in [2.45, 2.75) is 18.1 Å². The van der Waals surface area contributed by atoms with Crippen molar-refractivity contribution in [3.63, 3.8) is 0 Å². The Hall–Kier alpha value is -1.22. The van der Waals surface area contributed by atoms with Crippen LogP contribution in [0.1, 0.15) is 11.3 Å². The highest BCUT2D eigenvalue weighted by Crippen LogP contribution is 2.33. The molecule has 0 saturated carbocycles. The fraction of sp³-hybridized carbons (Fsp3) is 0.462. The van der Waals surface area contributed by atoms with Gasteiger partial charge in [0.1, 0.15) is 4.21 Å². The van der Waals surface area contributed by atoms with Gasteiger partial charge in [0.15, 0.2) is 5.76 Å². The molecule has 1 aliphatic rings. The summed E-state index contributed by atoms with van der Waals surface area (Å²) in [5, 5.41) is 5.70. The van der Waals surface area contributed by atoms with Crippen molar-refractivity contribution in [3.8, 4) is 11.3 Å². The molecule has 2 aromatic rings. The number of aryl methyl sites for hydroxylation is 1. The molecule has 0 aliphatic carbocycles. The van der Waals surface area contributed by atoms with Gasteiger partial charge in [-0.1, -0.05) is 5.16 Å². The molecular formula is C13H16N2O4S2. The molecule has 8 heteroatoms. The lowest BCUT2D eigenvalue weighted by Crippen LogP contribution is -2.40. The fourth-order valence-electron chi connectivity index (χ4n) is 2.17. The lowest BCUT2D eigenvalue weighted by molar-refractivity contribution is 0.0731. The van der Waals surface area contributed by atoms with Crippen LogP contribution in [0.25, 0.3) is 11.3 Å². The molecule has 3 heterocycles. The Morgan fingerprint density at radius 3 is 2.62 bits per heavy atom. The molecule has 0 unspecified atom stereocenters. The van der Waals surface area contributed by atoms with Crippen molar-refractivity contribution in [2.24, 2.45) is 0 Å². The zero-order valence-electron chi connectivity index (χ0n) is 11.8. The summed E-state index contributed by atoms with van der Waals surface area (Å²) in [4.78, 5) is 0. The number of rotatable bonds is 3. The van der Waals surface area contributed by atoms with Crippen LogP contribution < -0.4 is 0 Å². The van der Waals surface area contributed by atoms with Crippen LogP contribution in [0.3, 0.4) is 0 Å². The average Bonchev–Trinajstić information content (AvgIpc) is 3.09. The standard InChI is InChI=1S/C13H16N2O4S2/c1-9-10(2)14-19-13(9)11-7-12(20-8-11)21(16,17)15-3-5-18-6-4-15/h7-8H,3-6H2,1-2H3. The van der Waals surface area contributed by atoms with E-state index in [1.165, 1.54) is 15.6 Å². The van der Waals surface area contributed by atoms with Crippen molar-refractivity contribution < 1.29 is 17.7 Å². The van der Waals surface area contributed by atoms with E-state index in [1.807, 2.05) is 13.8 Å². The minimum Gasteiger partial charge on any atom is -0.379 e. The second kappa shape index (κ2) is 5.53. The zero-order valence-corrected chi connectivity index (χ0v) is 13.5. The molecular weight excluding hydrogens is 312 g/mol. The van der Waals surface area contributed by atoms with Gasteiger partial charge < -0.3 is 9.26 Å². The summed E-state index contributed by atoms with van der Waals surface area (Å²) in [5.74, 6) is 0.632. The van der Waals surface area contributed by atoms with Gasteiger partial charge in [0, 0.05) is 29.6 Å². The molecule has 0 amide bonds. The predicted octanol–water partition coefficient (Wildman–Crippen LogP) is 2.04. The summed E-state index contributed by atoms with van der Waals surface area (Å²) in [7, 11) is -3.45. The second-order valence-corrected chi connectivity index (χ2v) is 7.97. The Labute approximate surface area is 127 Å². The lowest BCUT2D eigenvalue weighted by atomic mass is 10.1. The van der Waals surface area contributed by atoms with Gasteiger partial charge in [0.25, 0.3) is 10.0 Å². The number of hydrogen-bond donors (Lipinski definition) is 0. The van der Waals surface area contributed by atoms with E-state index in [9.17, 15) is 8.42 Å². The van der Waals surface area contributed by atoms with Crippen LogP contribution in [0.5, 0.6) is 0 Å². The Morgan fingerprint density at radius 1 is 1.29 bits per heavy atom. The third kappa shape index (κ3) is 2.64. The van der Waals surface area contributed by atoms with Crippen LogP contribution in [-0.4, -0.2) is 44.2 Å². The first-order valence-corrected chi connectivity index (χ1v) is 8.92. The number of morpholine rings is 1. The molecule has 6 nitrogen and oxygen atoms in total. The zero-order chi connectivity index (χ0) is 15.0. The van der Waals surface area contributed by atoms with Gasteiger partial charge in [0.05, 0.1) is 18.9 Å². The second-order valence-electron chi connectivity index (χ2n) is 4.89. The van der Waals surface area contributed by atoms with E-state index < -0.39 is 10.0 Å².